The van der Waals surface area contributed by atoms with Crippen molar-refractivity contribution < 1.29 is 17.9 Å². The minimum absolute atomic E-state index is 0.0873. The quantitative estimate of drug-likeness (QED) is 0.621. The Hall–Kier alpha value is -1.60. The van der Waals surface area contributed by atoms with Crippen LogP contribution in [0.2, 0.25) is 0 Å². The van der Waals surface area contributed by atoms with Gasteiger partial charge in [-0.25, -0.2) is 12.7 Å². The van der Waals surface area contributed by atoms with Gasteiger partial charge in [-0.1, -0.05) is 19.1 Å². The molecule has 0 aromatic heterocycles. The smallest absolute Gasteiger partial charge is 0.309 e. The van der Waals surface area contributed by atoms with Gasteiger partial charge in [0.05, 0.1) is 18.8 Å². The number of carbonyl (C=O) groups is 1. The van der Waals surface area contributed by atoms with Crippen molar-refractivity contribution in [1.82, 2.24) is 4.31 Å². The Bertz CT molecular complexity index is 554. The first kappa shape index (κ1) is 16.5. The molecule has 0 spiro atoms. The van der Waals surface area contributed by atoms with Crippen molar-refractivity contribution in [3.63, 3.8) is 0 Å². The Morgan fingerprint density at radius 3 is 2.40 bits per heavy atom. The number of methoxy groups -OCH3 is 1. The van der Waals surface area contributed by atoms with Crippen LogP contribution in [-0.2, 0) is 25.3 Å². The van der Waals surface area contributed by atoms with Crippen molar-refractivity contribution in [3.05, 3.63) is 29.8 Å². The molecule has 0 radical (unpaired) electrons. The number of anilines is 1. The summed E-state index contributed by atoms with van der Waals surface area (Å²) in [6.45, 7) is 1.71. The average Bonchev–Trinajstić information content (AvgIpc) is 2.40. The number of hydrogen-bond acceptors (Lipinski definition) is 5. The molecule has 2 N–H and O–H groups in total. The van der Waals surface area contributed by atoms with Crippen molar-refractivity contribution in [1.29, 1.82) is 0 Å². The molecule has 0 saturated heterocycles. The van der Waals surface area contributed by atoms with E-state index in [1.807, 2.05) is 0 Å². The molecule has 112 valence electrons. The summed E-state index contributed by atoms with van der Waals surface area (Å²) >= 11 is 0. The van der Waals surface area contributed by atoms with Gasteiger partial charge in [-0.2, -0.15) is 0 Å². The molecule has 0 saturated carbocycles. The van der Waals surface area contributed by atoms with Crippen LogP contribution in [0.3, 0.4) is 0 Å². The molecule has 0 heterocycles. The highest BCUT2D eigenvalue weighted by Crippen LogP contribution is 2.13. The highest BCUT2D eigenvalue weighted by molar-refractivity contribution is 7.88. The standard InChI is InChI=1S/C13H20N2O4S/c1-10(13(16)19-3)8-15(2)20(17,18)9-11-4-6-12(14)7-5-11/h4-7,10H,8-9,14H2,1-3H3. The Kier molecular flexibility index (Phi) is 5.52. The van der Waals surface area contributed by atoms with Crippen LogP contribution in [0.15, 0.2) is 24.3 Å². The third kappa shape index (κ3) is 4.50. The van der Waals surface area contributed by atoms with Gasteiger partial charge in [-0.15, -0.1) is 0 Å². The van der Waals surface area contributed by atoms with E-state index in [1.54, 1.807) is 31.2 Å². The number of esters is 1. The Labute approximate surface area is 119 Å². The van der Waals surface area contributed by atoms with Crippen molar-refractivity contribution in [2.75, 3.05) is 26.4 Å². The van der Waals surface area contributed by atoms with Gasteiger partial charge in [-0.05, 0) is 17.7 Å². The molecule has 0 aliphatic rings. The lowest BCUT2D eigenvalue weighted by atomic mass is 10.2. The fraction of sp³-hybridized carbons (Fsp3) is 0.462. The van der Waals surface area contributed by atoms with Crippen LogP contribution in [-0.4, -0.2) is 39.4 Å². The van der Waals surface area contributed by atoms with E-state index in [-0.39, 0.29) is 12.3 Å². The molecule has 0 fully saturated rings. The molecule has 0 bridgehead atoms. The molecule has 20 heavy (non-hydrogen) atoms. The van der Waals surface area contributed by atoms with Crippen LogP contribution in [0, 0.1) is 5.92 Å². The van der Waals surface area contributed by atoms with Gasteiger partial charge >= 0.3 is 5.97 Å². The number of hydrogen-bond donors (Lipinski definition) is 1. The lowest BCUT2D eigenvalue weighted by Crippen LogP contribution is -2.34. The highest BCUT2D eigenvalue weighted by atomic mass is 32.2. The van der Waals surface area contributed by atoms with E-state index in [1.165, 1.54) is 18.5 Å². The van der Waals surface area contributed by atoms with E-state index in [0.717, 1.165) is 0 Å². The number of sulfonamides is 1. The fourth-order valence-corrected chi connectivity index (χ4v) is 2.99. The number of ether oxygens (including phenoxy) is 1. The predicted octanol–water partition coefficient (Wildman–Crippen LogP) is 0.839. The van der Waals surface area contributed by atoms with Crippen molar-refractivity contribution in [2.45, 2.75) is 12.7 Å². The van der Waals surface area contributed by atoms with Crippen molar-refractivity contribution in [3.8, 4) is 0 Å². The van der Waals surface area contributed by atoms with E-state index < -0.39 is 21.9 Å². The second-order valence-electron chi connectivity index (χ2n) is 4.70. The summed E-state index contributed by atoms with van der Waals surface area (Å²) in [5, 5.41) is 0. The van der Waals surface area contributed by atoms with E-state index in [2.05, 4.69) is 4.74 Å². The lowest BCUT2D eigenvalue weighted by Gasteiger charge is -2.20. The zero-order chi connectivity index (χ0) is 15.3. The summed E-state index contributed by atoms with van der Waals surface area (Å²) in [7, 11) is -0.748. The number of nitrogen functional groups attached to an aromatic ring is 1. The fourth-order valence-electron chi connectivity index (χ4n) is 1.71. The minimum atomic E-state index is -3.48. The van der Waals surface area contributed by atoms with Crippen LogP contribution >= 0.6 is 0 Å². The van der Waals surface area contributed by atoms with Crippen molar-refractivity contribution in [2.24, 2.45) is 5.92 Å². The molecule has 6 nitrogen and oxygen atoms in total. The maximum absolute atomic E-state index is 12.2. The topological polar surface area (TPSA) is 89.7 Å². The molecular formula is C13H20N2O4S. The molecule has 0 amide bonds. The van der Waals surface area contributed by atoms with E-state index >= 15 is 0 Å². The van der Waals surface area contributed by atoms with Crippen LogP contribution < -0.4 is 5.73 Å². The molecule has 0 aliphatic carbocycles. The lowest BCUT2D eigenvalue weighted by molar-refractivity contribution is -0.144. The average molecular weight is 300 g/mol. The van der Waals surface area contributed by atoms with Crippen molar-refractivity contribution >= 4 is 21.7 Å². The van der Waals surface area contributed by atoms with Crippen LogP contribution in [0.25, 0.3) is 0 Å². The molecule has 0 aliphatic heterocycles. The van der Waals surface area contributed by atoms with E-state index in [4.69, 9.17) is 5.73 Å². The SMILES string of the molecule is COC(=O)C(C)CN(C)S(=O)(=O)Cc1ccc(N)cc1. The maximum atomic E-state index is 12.2. The minimum Gasteiger partial charge on any atom is -0.469 e. The monoisotopic (exact) mass is 300 g/mol. The zero-order valence-corrected chi connectivity index (χ0v) is 12.7. The van der Waals surface area contributed by atoms with Gasteiger partial charge in [0.25, 0.3) is 0 Å². The second-order valence-corrected chi connectivity index (χ2v) is 6.78. The van der Waals surface area contributed by atoms with Gasteiger partial charge < -0.3 is 10.5 Å². The Morgan fingerprint density at radius 2 is 1.90 bits per heavy atom. The summed E-state index contributed by atoms with van der Waals surface area (Å²) < 4.78 is 30.1. The van der Waals surface area contributed by atoms with Crippen LogP contribution in [0.1, 0.15) is 12.5 Å². The first-order chi connectivity index (χ1) is 9.26. The van der Waals surface area contributed by atoms with Gasteiger partial charge in [-0.3, -0.25) is 4.79 Å². The third-order valence-electron chi connectivity index (χ3n) is 2.94. The number of nitrogens with zero attached hydrogens (tertiary/aromatic N) is 1. The molecule has 1 rings (SSSR count). The summed E-state index contributed by atoms with van der Waals surface area (Å²) in [5.41, 5.74) is 6.79. The third-order valence-corrected chi connectivity index (χ3v) is 4.74. The molecular weight excluding hydrogens is 280 g/mol. The summed E-state index contributed by atoms with van der Waals surface area (Å²) in [4.78, 5) is 11.3. The molecule has 1 atom stereocenters. The van der Waals surface area contributed by atoms with Gasteiger partial charge in [0.2, 0.25) is 10.0 Å². The number of carbonyl (C=O) groups excluding carboxylic acids is 1. The van der Waals surface area contributed by atoms with Crippen LogP contribution in [0.5, 0.6) is 0 Å². The zero-order valence-electron chi connectivity index (χ0n) is 11.9. The summed E-state index contributed by atoms with van der Waals surface area (Å²) in [6.07, 6.45) is 0. The number of rotatable bonds is 6. The molecule has 1 aromatic carbocycles. The van der Waals surface area contributed by atoms with Gasteiger partial charge in [0.15, 0.2) is 0 Å². The maximum Gasteiger partial charge on any atom is 0.309 e. The molecule has 1 unspecified atom stereocenters. The molecule has 7 heteroatoms. The summed E-state index contributed by atoms with van der Waals surface area (Å²) in [5.74, 6) is -1.07. The van der Waals surface area contributed by atoms with Gasteiger partial charge in [0.1, 0.15) is 0 Å². The first-order valence-electron chi connectivity index (χ1n) is 6.12. The molecule has 1 aromatic rings. The Balaban J connectivity index is 2.73. The second kappa shape index (κ2) is 6.71. The van der Waals surface area contributed by atoms with E-state index in [0.29, 0.717) is 11.3 Å². The predicted molar refractivity (Wildman–Crippen MR) is 77.3 cm³/mol. The van der Waals surface area contributed by atoms with Crippen LogP contribution in [0.4, 0.5) is 5.69 Å². The first-order valence-corrected chi connectivity index (χ1v) is 7.73. The highest BCUT2D eigenvalue weighted by Gasteiger charge is 2.23. The normalized spacial score (nSPS) is 13.2. The van der Waals surface area contributed by atoms with Gasteiger partial charge in [0, 0.05) is 19.3 Å². The summed E-state index contributed by atoms with van der Waals surface area (Å²) in [6, 6.07) is 6.65. The number of nitrogens with two attached hydrogens (primary N) is 1. The van der Waals surface area contributed by atoms with E-state index in [9.17, 15) is 13.2 Å². The largest absolute Gasteiger partial charge is 0.469 e. The number of benzene rings is 1. The Morgan fingerprint density at radius 1 is 1.35 bits per heavy atom.